The molecule has 4 aromatic rings. The second-order valence-corrected chi connectivity index (χ2v) is 10.1. The van der Waals surface area contributed by atoms with Crippen molar-refractivity contribution in [3.05, 3.63) is 77.2 Å². The fraction of sp³-hybridized carbons (Fsp3) is 0.379. The van der Waals surface area contributed by atoms with Gasteiger partial charge in [0.25, 0.3) is 0 Å². The van der Waals surface area contributed by atoms with Crippen LogP contribution in [0.2, 0.25) is 0 Å². The highest BCUT2D eigenvalue weighted by Gasteiger charge is 2.34. The zero-order valence-corrected chi connectivity index (χ0v) is 21.0. The third-order valence-corrected chi connectivity index (χ3v) is 7.25. The Balaban J connectivity index is 1.41. The van der Waals surface area contributed by atoms with Gasteiger partial charge in [0.15, 0.2) is 5.65 Å². The van der Waals surface area contributed by atoms with Crippen LogP contribution in [-0.2, 0) is 11.2 Å². The van der Waals surface area contributed by atoms with E-state index in [1.165, 1.54) is 11.1 Å². The Morgan fingerprint density at radius 1 is 0.917 bits per heavy atom. The Morgan fingerprint density at radius 3 is 2.44 bits per heavy atom. The van der Waals surface area contributed by atoms with Gasteiger partial charge < -0.3 is 9.80 Å². The lowest BCUT2D eigenvalue weighted by molar-refractivity contribution is -0.132. The van der Waals surface area contributed by atoms with Gasteiger partial charge in [-0.1, -0.05) is 48.0 Å². The summed E-state index contributed by atoms with van der Waals surface area (Å²) in [5.74, 6) is 2.31. The van der Waals surface area contributed by atoms with Crippen molar-refractivity contribution in [3.8, 4) is 5.69 Å². The van der Waals surface area contributed by atoms with Gasteiger partial charge in [0.1, 0.15) is 11.6 Å². The van der Waals surface area contributed by atoms with Gasteiger partial charge in [-0.2, -0.15) is 5.10 Å². The molecular weight excluding hydrogens is 448 g/mol. The van der Waals surface area contributed by atoms with E-state index in [1.54, 1.807) is 0 Å². The van der Waals surface area contributed by atoms with E-state index >= 15 is 0 Å². The van der Waals surface area contributed by atoms with E-state index in [4.69, 9.17) is 15.1 Å². The summed E-state index contributed by atoms with van der Waals surface area (Å²) in [5.41, 5.74) is 5.16. The lowest BCUT2D eigenvalue weighted by Crippen LogP contribution is -2.36. The van der Waals surface area contributed by atoms with Crippen LogP contribution in [0.1, 0.15) is 41.9 Å². The molecule has 1 aliphatic heterocycles. The van der Waals surface area contributed by atoms with Crippen LogP contribution in [0.25, 0.3) is 16.7 Å². The zero-order valence-electron chi connectivity index (χ0n) is 21.0. The topological polar surface area (TPSA) is 67.2 Å². The number of hydrogen-bond acceptors (Lipinski definition) is 5. The monoisotopic (exact) mass is 480 g/mol. The number of anilines is 1. The summed E-state index contributed by atoms with van der Waals surface area (Å²) >= 11 is 0. The predicted octanol–water partition coefficient (Wildman–Crippen LogP) is 4.47. The van der Waals surface area contributed by atoms with Crippen molar-refractivity contribution in [1.82, 2.24) is 24.6 Å². The van der Waals surface area contributed by atoms with Gasteiger partial charge in [-0.15, -0.1) is 0 Å². The minimum Gasteiger partial charge on any atom is -0.354 e. The molecule has 1 aliphatic carbocycles. The second kappa shape index (κ2) is 9.37. The molecule has 2 fully saturated rings. The fourth-order valence-electron chi connectivity index (χ4n) is 5.09. The first-order valence-corrected chi connectivity index (χ1v) is 13.0. The number of rotatable bonds is 5. The van der Waals surface area contributed by atoms with Crippen molar-refractivity contribution >= 4 is 22.8 Å². The second-order valence-electron chi connectivity index (χ2n) is 10.1. The molecule has 0 bridgehead atoms. The minimum atomic E-state index is 0.259. The van der Waals surface area contributed by atoms with E-state index in [0.717, 1.165) is 79.5 Å². The summed E-state index contributed by atoms with van der Waals surface area (Å²) in [7, 11) is 0. The molecule has 0 spiro atoms. The van der Waals surface area contributed by atoms with E-state index in [-0.39, 0.29) is 5.92 Å². The molecule has 1 saturated heterocycles. The molecule has 2 aromatic carbocycles. The number of para-hydroxylation sites is 1. The SMILES string of the molecule is Cc1ccc(Cc2nc(N3CCCN(C(=O)C4CC4)CC3)c3c(C)nn(-c4ccccc4)c3n2)cc1. The first kappa shape index (κ1) is 22.7. The number of aryl methyl sites for hydroxylation is 2. The number of aromatic nitrogens is 4. The molecule has 1 saturated carbocycles. The summed E-state index contributed by atoms with van der Waals surface area (Å²) in [6, 6.07) is 18.7. The molecule has 7 nitrogen and oxygen atoms in total. The van der Waals surface area contributed by atoms with E-state index in [9.17, 15) is 4.79 Å². The molecule has 0 radical (unpaired) electrons. The average Bonchev–Trinajstić information content (AvgIpc) is 3.72. The maximum atomic E-state index is 12.7. The van der Waals surface area contributed by atoms with Crippen molar-refractivity contribution in [2.24, 2.45) is 5.92 Å². The normalized spacial score (nSPS) is 16.4. The smallest absolute Gasteiger partial charge is 0.225 e. The van der Waals surface area contributed by atoms with Crippen LogP contribution < -0.4 is 4.90 Å². The van der Waals surface area contributed by atoms with Crippen molar-refractivity contribution in [2.75, 3.05) is 31.1 Å². The highest BCUT2D eigenvalue weighted by Crippen LogP contribution is 2.33. The number of carbonyl (C=O) groups is 1. The Kier molecular flexibility index (Phi) is 5.91. The predicted molar refractivity (Wildman–Crippen MR) is 142 cm³/mol. The van der Waals surface area contributed by atoms with Gasteiger partial charge in [-0.3, -0.25) is 4.79 Å². The van der Waals surface area contributed by atoms with Crippen LogP contribution in [0.4, 0.5) is 5.82 Å². The molecular formula is C29H32N6O. The lowest BCUT2D eigenvalue weighted by Gasteiger charge is -2.24. The van der Waals surface area contributed by atoms with Crippen LogP contribution in [0, 0.1) is 19.8 Å². The first-order chi connectivity index (χ1) is 17.6. The Bertz CT molecular complexity index is 1390. The largest absolute Gasteiger partial charge is 0.354 e. The summed E-state index contributed by atoms with van der Waals surface area (Å²) in [6.07, 6.45) is 3.68. The maximum absolute atomic E-state index is 12.7. The molecule has 0 unspecified atom stereocenters. The Labute approximate surface area is 211 Å². The molecule has 7 heteroatoms. The highest BCUT2D eigenvalue weighted by atomic mass is 16.2. The van der Waals surface area contributed by atoms with Gasteiger partial charge in [0, 0.05) is 38.5 Å². The lowest BCUT2D eigenvalue weighted by atomic mass is 10.1. The van der Waals surface area contributed by atoms with Gasteiger partial charge in [-0.25, -0.2) is 14.6 Å². The molecule has 2 aliphatic rings. The quantitative estimate of drug-likeness (QED) is 0.422. The third kappa shape index (κ3) is 4.45. The number of fused-ring (bicyclic) bond motifs is 1. The number of nitrogens with zero attached hydrogens (tertiary/aromatic N) is 6. The molecule has 184 valence electrons. The van der Waals surface area contributed by atoms with Crippen molar-refractivity contribution in [2.45, 2.75) is 39.5 Å². The van der Waals surface area contributed by atoms with Crippen LogP contribution in [0.3, 0.4) is 0 Å². The van der Waals surface area contributed by atoms with E-state index < -0.39 is 0 Å². The Hall–Kier alpha value is -3.74. The fourth-order valence-corrected chi connectivity index (χ4v) is 5.09. The van der Waals surface area contributed by atoms with Crippen LogP contribution in [0.5, 0.6) is 0 Å². The molecule has 0 atom stereocenters. The first-order valence-electron chi connectivity index (χ1n) is 13.0. The van der Waals surface area contributed by atoms with Crippen LogP contribution >= 0.6 is 0 Å². The molecule has 36 heavy (non-hydrogen) atoms. The molecule has 0 N–H and O–H groups in total. The molecule has 1 amide bonds. The third-order valence-electron chi connectivity index (χ3n) is 7.25. The summed E-state index contributed by atoms with van der Waals surface area (Å²) in [6.45, 7) is 7.32. The van der Waals surface area contributed by atoms with Gasteiger partial charge in [-0.05, 0) is 50.8 Å². The minimum absolute atomic E-state index is 0.259. The summed E-state index contributed by atoms with van der Waals surface area (Å²) < 4.78 is 1.94. The summed E-state index contributed by atoms with van der Waals surface area (Å²) in [4.78, 5) is 27.3. The summed E-state index contributed by atoms with van der Waals surface area (Å²) in [5, 5.41) is 5.89. The van der Waals surface area contributed by atoms with E-state index in [2.05, 4.69) is 53.1 Å². The number of hydrogen-bond donors (Lipinski definition) is 0. The number of carbonyl (C=O) groups excluding carboxylic acids is 1. The van der Waals surface area contributed by atoms with Crippen molar-refractivity contribution in [1.29, 1.82) is 0 Å². The van der Waals surface area contributed by atoms with Gasteiger partial charge in [0.2, 0.25) is 5.91 Å². The molecule has 2 aromatic heterocycles. The maximum Gasteiger partial charge on any atom is 0.225 e. The van der Waals surface area contributed by atoms with Gasteiger partial charge >= 0.3 is 0 Å². The van der Waals surface area contributed by atoms with Crippen molar-refractivity contribution < 1.29 is 4.79 Å². The highest BCUT2D eigenvalue weighted by molar-refractivity contribution is 5.91. The number of amides is 1. The van der Waals surface area contributed by atoms with Crippen LogP contribution in [-0.4, -0.2) is 56.7 Å². The van der Waals surface area contributed by atoms with E-state index in [0.29, 0.717) is 12.3 Å². The molecule has 6 rings (SSSR count). The molecule has 3 heterocycles. The number of benzene rings is 2. The Morgan fingerprint density at radius 2 is 1.69 bits per heavy atom. The van der Waals surface area contributed by atoms with Gasteiger partial charge in [0.05, 0.1) is 16.8 Å². The van der Waals surface area contributed by atoms with Crippen molar-refractivity contribution in [3.63, 3.8) is 0 Å². The average molecular weight is 481 g/mol. The van der Waals surface area contributed by atoms with E-state index in [1.807, 2.05) is 29.8 Å². The standard InChI is InChI=1S/C29H32N6O/c1-20-9-11-22(12-10-20)19-25-30-27(33-15-6-16-34(18-17-33)29(36)23-13-14-23)26-21(2)32-35(28(26)31-25)24-7-4-3-5-8-24/h3-5,7-12,23H,6,13-19H2,1-2H3. The van der Waals surface area contributed by atoms with Crippen LogP contribution in [0.15, 0.2) is 54.6 Å². The zero-order chi connectivity index (χ0) is 24.6.